The molecule has 12 heavy (non-hydrogen) atoms. The zero-order chi connectivity index (χ0) is 9.45. The van der Waals surface area contributed by atoms with Crippen molar-refractivity contribution in [3.05, 3.63) is 25.3 Å². The van der Waals surface area contributed by atoms with Gasteiger partial charge in [0.2, 0.25) is 0 Å². The fraction of sp³-hybridized carbons (Fsp3) is 0.600. The van der Waals surface area contributed by atoms with Crippen LogP contribution in [0, 0.1) is 0 Å². The summed E-state index contributed by atoms with van der Waals surface area (Å²) in [6.07, 6.45) is 5.24. The molecular formula is C10H19ClSi. The van der Waals surface area contributed by atoms with E-state index in [4.69, 9.17) is 11.6 Å². The highest BCUT2D eigenvalue weighted by Crippen LogP contribution is 2.23. The molecule has 0 aromatic heterocycles. The van der Waals surface area contributed by atoms with E-state index < -0.39 is 8.07 Å². The first kappa shape index (κ1) is 12.0. The van der Waals surface area contributed by atoms with Crippen LogP contribution in [0.3, 0.4) is 0 Å². The molecule has 0 rings (SSSR count). The molecule has 0 fully saturated rings. The number of alkyl halides is 1. The maximum Gasteiger partial charge on any atom is 0.0580 e. The van der Waals surface area contributed by atoms with Gasteiger partial charge >= 0.3 is 0 Å². The first-order valence-corrected chi connectivity index (χ1v) is 8.12. The highest BCUT2D eigenvalue weighted by Gasteiger charge is 2.22. The van der Waals surface area contributed by atoms with Gasteiger partial charge in [0.25, 0.3) is 0 Å². The summed E-state index contributed by atoms with van der Waals surface area (Å²) in [6, 6.07) is 3.68. The van der Waals surface area contributed by atoms with Crippen LogP contribution in [-0.4, -0.2) is 14.0 Å². The largest absolute Gasteiger partial charge is 0.127 e. The van der Waals surface area contributed by atoms with Crippen molar-refractivity contribution >= 4 is 19.7 Å². The zero-order valence-electron chi connectivity index (χ0n) is 7.98. The molecule has 0 radical (unpaired) electrons. The molecule has 0 amide bonds. The van der Waals surface area contributed by atoms with Crippen molar-refractivity contribution in [1.29, 1.82) is 0 Å². The molecule has 0 atom stereocenters. The Morgan fingerprint density at radius 2 is 1.75 bits per heavy atom. The van der Waals surface area contributed by atoms with Crippen molar-refractivity contribution in [2.24, 2.45) is 0 Å². The van der Waals surface area contributed by atoms with Gasteiger partial charge in [-0.1, -0.05) is 24.7 Å². The minimum atomic E-state index is -1.09. The normalized spacial score (nSPS) is 11.2. The molecule has 0 aromatic rings. The predicted octanol–water partition coefficient (Wildman–Crippen LogP) is 4.07. The fourth-order valence-electron chi connectivity index (χ4n) is 1.48. The smallest absolute Gasteiger partial charge is 0.0580 e. The molecule has 0 spiro atoms. The summed E-state index contributed by atoms with van der Waals surface area (Å²) in [5.74, 6) is 0.789. The summed E-state index contributed by atoms with van der Waals surface area (Å²) in [6.45, 7) is 10.0. The molecule has 0 saturated carbocycles. The first-order chi connectivity index (χ1) is 5.68. The van der Waals surface area contributed by atoms with Gasteiger partial charge in [-0.3, -0.25) is 0 Å². The quantitative estimate of drug-likeness (QED) is 0.332. The van der Waals surface area contributed by atoms with Crippen LogP contribution in [0.5, 0.6) is 0 Å². The van der Waals surface area contributed by atoms with Crippen molar-refractivity contribution < 1.29 is 0 Å². The van der Waals surface area contributed by atoms with E-state index in [1.165, 1.54) is 18.1 Å². The molecule has 0 nitrogen and oxygen atoms in total. The number of hydrogen-bond acceptors (Lipinski definition) is 0. The number of hydrogen-bond donors (Lipinski definition) is 0. The molecular weight excluding hydrogens is 184 g/mol. The summed E-state index contributed by atoms with van der Waals surface area (Å²) in [7, 11) is -1.09. The third kappa shape index (κ3) is 4.78. The molecule has 2 heteroatoms. The van der Waals surface area contributed by atoms with Gasteiger partial charge in [0.15, 0.2) is 0 Å². The summed E-state index contributed by atoms with van der Waals surface area (Å²) >= 11 is 5.68. The lowest BCUT2D eigenvalue weighted by molar-refractivity contribution is 1.04. The summed E-state index contributed by atoms with van der Waals surface area (Å²) < 4.78 is 0. The van der Waals surface area contributed by atoms with Gasteiger partial charge in [0.05, 0.1) is 8.07 Å². The second-order valence-electron chi connectivity index (χ2n) is 3.59. The van der Waals surface area contributed by atoms with Crippen molar-refractivity contribution in [1.82, 2.24) is 0 Å². The van der Waals surface area contributed by atoms with E-state index in [0.29, 0.717) is 0 Å². The van der Waals surface area contributed by atoms with Crippen LogP contribution in [0.15, 0.2) is 25.3 Å². The van der Waals surface area contributed by atoms with E-state index in [1.54, 1.807) is 0 Å². The minimum absolute atomic E-state index is 0.789. The molecule has 0 aromatic carbocycles. The highest BCUT2D eigenvalue weighted by atomic mass is 35.5. The number of allylic oxidation sites excluding steroid dienone is 2. The lowest BCUT2D eigenvalue weighted by Crippen LogP contribution is -2.27. The van der Waals surface area contributed by atoms with Crippen LogP contribution < -0.4 is 0 Å². The Hall–Kier alpha value is -0.0131. The molecule has 0 N–H and O–H groups in total. The van der Waals surface area contributed by atoms with Crippen LogP contribution in [0.4, 0.5) is 0 Å². The average Bonchev–Trinajstić information content (AvgIpc) is 2.02. The third-order valence-corrected chi connectivity index (χ3v) is 6.56. The monoisotopic (exact) mass is 202 g/mol. The van der Waals surface area contributed by atoms with Crippen molar-refractivity contribution in [2.75, 3.05) is 5.88 Å². The molecule has 70 valence electrons. The number of halogens is 1. The SMILES string of the molecule is C=CC[Si](C)(CC=C)CCCCl. The highest BCUT2D eigenvalue weighted by molar-refractivity contribution is 6.79. The molecule has 0 saturated heterocycles. The third-order valence-electron chi connectivity index (χ3n) is 2.19. The van der Waals surface area contributed by atoms with Gasteiger partial charge < -0.3 is 0 Å². The predicted molar refractivity (Wildman–Crippen MR) is 61.8 cm³/mol. The van der Waals surface area contributed by atoms with Gasteiger partial charge in [-0.25, -0.2) is 0 Å². The van der Waals surface area contributed by atoms with E-state index in [1.807, 2.05) is 12.2 Å². The van der Waals surface area contributed by atoms with Gasteiger partial charge in [-0.2, -0.15) is 0 Å². The first-order valence-electron chi connectivity index (χ1n) is 4.46. The molecule has 0 aliphatic rings. The van der Waals surface area contributed by atoms with Crippen LogP contribution in [0.2, 0.25) is 24.7 Å². The average molecular weight is 203 g/mol. The van der Waals surface area contributed by atoms with Crippen LogP contribution >= 0.6 is 11.6 Å². The minimum Gasteiger partial charge on any atom is -0.127 e. The maximum atomic E-state index is 5.68. The van der Waals surface area contributed by atoms with Crippen LogP contribution in [-0.2, 0) is 0 Å². The Bertz CT molecular complexity index is 133. The Kier molecular flexibility index (Phi) is 6.49. The Morgan fingerprint density at radius 1 is 1.25 bits per heavy atom. The Balaban J connectivity index is 3.96. The Labute approximate surface area is 82.3 Å². The van der Waals surface area contributed by atoms with E-state index in [2.05, 4.69) is 19.7 Å². The van der Waals surface area contributed by atoms with Crippen LogP contribution in [0.1, 0.15) is 6.42 Å². The van der Waals surface area contributed by atoms with Gasteiger partial charge in [0.1, 0.15) is 0 Å². The van der Waals surface area contributed by atoms with E-state index >= 15 is 0 Å². The molecule has 0 aliphatic heterocycles. The summed E-state index contributed by atoms with van der Waals surface area (Å²) in [5.41, 5.74) is 0. The molecule has 0 heterocycles. The topological polar surface area (TPSA) is 0 Å². The maximum absolute atomic E-state index is 5.68. The second kappa shape index (κ2) is 6.50. The van der Waals surface area contributed by atoms with Gasteiger partial charge in [-0.05, 0) is 18.5 Å². The number of rotatable bonds is 7. The fourth-order valence-corrected chi connectivity index (χ4v) is 4.83. The molecule has 0 unspecified atom stereocenters. The van der Waals surface area contributed by atoms with E-state index in [9.17, 15) is 0 Å². The molecule has 0 bridgehead atoms. The van der Waals surface area contributed by atoms with Crippen LogP contribution in [0.25, 0.3) is 0 Å². The van der Waals surface area contributed by atoms with Crippen molar-refractivity contribution in [3.8, 4) is 0 Å². The summed E-state index contributed by atoms with van der Waals surface area (Å²) in [4.78, 5) is 0. The van der Waals surface area contributed by atoms with E-state index in [-0.39, 0.29) is 0 Å². The van der Waals surface area contributed by atoms with E-state index in [0.717, 1.165) is 12.3 Å². The zero-order valence-corrected chi connectivity index (χ0v) is 9.74. The summed E-state index contributed by atoms with van der Waals surface area (Å²) in [5, 5.41) is 0. The standard InChI is InChI=1S/C10H19ClSi/c1-4-8-12(3,9-5-2)10-6-7-11/h4-5H,1-2,6-10H2,3H3. The lowest BCUT2D eigenvalue weighted by atomic mass is 10.6. The van der Waals surface area contributed by atoms with Gasteiger partial charge in [-0.15, -0.1) is 24.8 Å². The van der Waals surface area contributed by atoms with Crippen molar-refractivity contribution in [3.63, 3.8) is 0 Å². The van der Waals surface area contributed by atoms with Crippen molar-refractivity contribution in [2.45, 2.75) is 31.1 Å². The lowest BCUT2D eigenvalue weighted by Gasteiger charge is -2.23. The second-order valence-corrected chi connectivity index (χ2v) is 8.90. The Morgan fingerprint density at radius 3 is 2.08 bits per heavy atom. The van der Waals surface area contributed by atoms with Gasteiger partial charge in [0, 0.05) is 5.88 Å². The molecule has 0 aliphatic carbocycles.